The highest BCUT2D eigenvalue weighted by Gasteiger charge is 2.26. The largest absolute Gasteiger partial charge is 0.494 e. The van der Waals surface area contributed by atoms with Crippen LogP contribution in [-0.4, -0.2) is 27.5 Å². The molecule has 0 aromatic heterocycles. The van der Waals surface area contributed by atoms with E-state index in [-0.39, 0.29) is 11.4 Å². The summed E-state index contributed by atoms with van der Waals surface area (Å²) in [6, 6.07) is 24.1. The predicted molar refractivity (Wildman–Crippen MR) is 117 cm³/mol. The second kappa shape index (κ2) is 9.93. The predicted octanol–water partition coefficient (Wildman–Crippen LogP) is 3.60. The first-order valence-electron chi connectivity index (χ1n) is 9.62. The summed E-state index contributed by atoms with van der Waals surface area (Å²) in [4.78, 5) is 12.7. The molecule has 3 aromatic rings. The van der Waals surface area contributed by atoms with E-state index in [9.17, 15) is 13.2 Å². The van der Waals surface area contributed by atoms with Gasteiger partial charge in [0.05, 0.1) is 17.2 Å². The molecule has 0 heterocycles. The molecule has 0 aliphatic heterocycles. The quantitative estimate of drug-likeness (QED) is 0.570. The number of amides is 1. The summed E-state index contributed by atoms with van der Waals surface area (Å²) in [5.41, 5.74) is 1.32. The minimum Gasteiger partial charge on any atom is -0.494 e. The van der Waals surface area contributed by atoms with Crippen LogP contribution in [0.1, 0.15) is 12.5 Å². The molecule has 0 bridgehead atoms. The Labute approximate surface area is 177 Å². The van der Waals surface area contributed by atoms with Gasteiger partial charge in [0, 0.05) is 6.54 Å². The first kappa shape index (κ1) is 21.4. The van der Waals surface area contributed by atoms with E-state index in [2.05, 4.69) is 5.32 Å². The van der Waals surface area contributed by atoms with Crippen molar-refractivity contribution in [3.63, 3.8) is 0 Å². The van der Waals surface area contributed by atoms with Crippen LogP contribution in [0.15, 0.2) is 89.8 Å². The summed E-state index contributed by atoms with van der Waals surface area (Å²) < 4.78 is 32.9. The Hall–Kier alpha value is -3.32. The molecule has 0 aliphatic carbocycles. The van der Waals surface area contributed by atoms with Gasteiger partial charge in [0.15, 0.2) is 0 Å². The fourth-order valence-corrected chi connectivity index (χ4v) is 4.33. The van der Waals surface area contributed by atoms with E-state index in [1.807, 2.05) is 31.2 Å². The van der Waals surface area contributed by atoms with Crippen LogP contribution >= 0.6 is 0 Å². The van der Waals surface area contributed by atoms with Gasteiger partial charge in [0.2, 0.25) is 5.91 Å². The number of anilines is 1. The van der Waals surface area contributed by atoms with E-state index < -0.39 is 15.9 Å². The van der Waals surface area contributed by atoms with Crippen molar-refractivity contribution in [3.8, 4) is 5.75 Å². The molecule has 0 saturated carbocycles. The molecule has 1 N–H and O–H groups in total. The molecule has 0 radical (unpaired) electrons. The van der Waals surface area contributed by atoms with E-state index in [1.165, 1.54) is 12.1 Å². The molecule has 3 aromatic carbocycles. The third-order valence-electron chi connectivity index (χ3n) is 4.39. The fraction of sp³-hybridized carbons (Fsp3) is 0.174. The standard InChI is InChI=1S/C23H24N2O4S/c1-2-29-21-15-13-19(14-16-21)17-24-23(26)18-25(20-9-5-3-6-10-20)30(27,28)22-11-7-4-8-12-22/h3-16H,2,17-18H2,1H3,(H,24,26). The number of carbonyl (C=O) groups excluding carboxylic acids is 1. The molecule has 7 heteroatoms. The molecular weight excluding hydrogens is 400 g/mol. The lowest BCUT2D eigenvalue weighted by Crippen LogP contribution is -2.40. The molecule has 0 spiro atoms. The van der Waals surface area contributed by atoms with Gasteiger partial charge in [-0.2, -0.15) is 0 Å². The lowest BCUT2D eigenvalue weighted by Gasteiger charge is -2.24. The number of rotatable bonds is 9. The highest BCUT2D eigenvalue weighted by Crippen LogP contribution is 2.23. The van der Waals surface area contributed by atoms with E-state index >= 15 is 0 Å². The maximum Gasteiger partial charge on any atom is 0.264 e. The molecular formula is C23H24N2O4S. The molecule has 0 atom stereocenters. The Kier molecular flexibility index (Phi) is 7.08. The average molecular weight is 425 g/mol. The van der Waals surface area contributed by atoms with Crippen LogP contribution in [0, 0.1) is 0 Å². The highest BCUT2D eigenvalue weighted by molar-refractivity contribution is 7.92. The number of benzene rings is 3. The van der Waals surface area contributed by atoms with Gasteiger partial charge in [-0.1, -0.05) is 48.5 Å². The maximum absolute atomic E-state index is 13.2. The van der Waals surface area contributed by atoms with Crippen LogP contribution in [0.2, 0.25) is 0 Å². The second-order valence-corrected chi connectivity index (χ2v) is 8.38. The topological polar surface area (TPSA) is 75.7 Å². The third-order valence-corrected chi connectivity index (χ3v) is 6.17. The first-order chi connectivity index (χ1) is 14.5. The number of nitrogens with one attached hydrogen (secondary N) is 1. The van der Waals surface area contributed by atoms with Crippen molar-refractivity contribution in [2.75, 3.05) is 17.5 Å². The van der Waals surface area contributed by atoms with Gasteiger partial charge in [0.25, 0.3) is 10.0 Å². The average Bonchev–Trinajstić information content (AvgIpc) is 2.78. The van der Waals surface area contributed by atoms with Crippen LogP contribution in [0.5, 0.6) is 5.75 Å². The van der Waals surface area contributed by atoms with E-state index in [1.54, 1.807) is 48.5 Å². The summed E-state index contributed by atoms with van der Waals surface area (Å²) in [5, 5.41) is 2.79. The molecule has 0 saturated heterocycles. The van der Waals surface area contributed by atoms with Crippen molar-refractivity contribution in [1.82, 2.24) is 5.32 Å². The monoisotopic (exact) mass is 424 g/mol. The summed E-state index contributed by atoms with van der Waals surface area (Å²) in [6.07, 6.45) is 0. The van der Waals surface area contributed by atoms with Crippen molar-refractivity contribution < 1.29 is 17.9 Å². The number of para-hydroxylation sites is 1. The zero-order valence-corrected chi connectivity index (χ0v) is 17.5. The Morgan fingerprint density at radius 3 is 2.10 bits per heavy atom. The van der Waals surface area contributed by atoms with Crippen molar-refractivity contribution >= 4 is 21.6 Å². The van der Waals surface area contributed by atoms with E-state index in [0.29, 0.717) is 18.8 Å². The smallest absolute Gasteiger partial charge is 0.264 e. The number of sulfonamides is 1. The normalized spacial score (nSPS) is 11.0. The summed E-state index contributed by atoms with van der Waals surface area (Å²) >= 11 is 0. The lowest BCUT2D eigenvalue weighted by atomic mass is 10.2. The summed E-state index contributed by atoms with van der Waals surface area (Å²) in [5.74, 6) is 0.365. The Balaban J connectivity index is 1.74. The molecule has 156 valence electrons. The van der Waals surface area contributed by atoms with Crippen molar-refractivity contribution in [2.24, 2.45) is 0 Å². The fourth-order valence-electron chi connectivity index (χ4n) is 2.89. The number of hydrogen-bond donors (Lipinski definition) is 1. The van der Waals surface area contributed by atoms with E-state index in [0.717, 1.165) is 15.6 Å². The SMILES string of the molecule is CCOc1ccc(CNC(=O)CN(c2ccccc2)S(=O)(=O)c2ccccc2)cc1. The van der Waals surface area contributed by atoms with Gasteiger partial charge in [-0.15, -0.1) is 0 Å². The molecule has 0 fully saturated rings. The van der Waals surface area contributed by atoms with Gasteiger partial charge in [-0.25, -0.2) is 8.42 Å². The minimum atomic E-state index is -3.89. The van der Waals surface area contributed by atoms with Crippen LogP contribution in [0.4, 0.5) is 5.69 Å². The van der Waals surface area contributed by atoms with Crippen LogP contribution in [0.25, 0.3) is 0 Å². The number of ether oxygens (including phenoxy) is 1. The van der Waals surface area contributed by atoms with Gasteiger partial charge in [0.1, 0.15) is 12.3 Å². The zero-order valence-electron chi connectivity index (χ0n) is 16.7. The summed E-state index contributed by atoms with van der Waals surface area (Å²) in [6.45, 7) is 2.47. The van der Waals surface area contributed by atoms with Crippen LogP contribution in [-0.2, 0) is 21.4 Å². The highest BCUT2D eigenvalue weighted by atomic mass is 32.2. The van der Waals surface area contributed by atoms with Gasteiger partial charge in [-0.05, 0) is 48.9 Å². The minimum absolute atomic E-state index is 0.133. The van der Waals surface area contributed by atoms with Gasteiger partial charge >= 0.3 is 0 Å². The lowest BCUT2D eigenvalue weighted by molar-refractivity contribution is -0.119. The number of hydrogen-bond acceptors (Lipinski definition) is 4. The van der Waals surface area contributed by atoms with E-state index in [4.69, 9.17) is 4.74 Å². The molecule has 0 aliphatic rings. The Bertz CT molecular complexity index is 1050. The van der Waals surface area contributed by atoms with Crippen molar-refractivity contribution in [2.45, 2.75) is 18.4 Å². The van der Waals surface area contributed by atoms with Crippen molar-refractivity contribution in [1.29, 1.82) is 0 Å². The van der Waals surface area contributed by atoms with Crippen LogP contribution < -0.4 is 14.4 Å². The Morgan fingerprint density at radius 2 is 1.50 bits per heavy atom. The molecule has 1 amide bonds. The second-order valence-electron chi connectivity index (χ2n) is 6.51. The van der Waals surface area contributed by atoms with Crippen molar-refractivity contribution in [3.05, 3.63) is 90.5 Å². The Morgan fingerprint density at radius 1 is 0.900 bits per heavy atom. The summed E-state index contributed by atoms with van der Waals surface area (Å²) in [7, 11) is -3.89. The van der Waals surface area contributed by atoms with Crippen LogP contribution in [0.3, 0.4) is 0 Å². The molecule has 6 nitrogen and oxygen atoms in total. The number of nitrogens with zero attached hydrogens (tertiary/aromatic N) is 1. The number of carbonyl (C=O) groups is 1. The first-order valence-corrected chi connectivity index (χ1v) is 11.1. The third kappa shape index (κ3) is 5.39. The van der Waals surface area contributed by atoms with Gasteiger partial charge in [-0.3, -0.25) is 9.10 Å². The zero-order chi connectivity index (χ0) is 21.4. The maximum atomic E-state index is 13.2. The molecule has 30 heavy (non-hydrogen) atoms. The molecule has 0 unspecified atom stereocenters. The van der Waals surface area contributed by atoms with Gasteiger partial charge < -0.3 is 10.1 Å². The molecule has 3 rings (SSSR count).